The minimum atomic E-state index is -0.224. The summed E-state index contributed by atoms with van der Waals surface area (Å²) in [5, 5.41) is 0. The molecule has 0 atom stereocenters. The molecule has 0 heterocycles. The van der Waals surface area contributed by atoms with Crippen molar-refractivity contribution in [2.45, 2.75) is 54.0 Å². The van der Waals surface area contributed by atoms with Crippen molar-refractivity contribution in [1.29, 1.82) is 0 Å². The molecule has 0 aliphatic rings. The topological polar surface area (TPSA) is 20.3 Å². The summed E-state index contributed by atoms with van der Waals surface area (Å²) < 4.78 is 0. The Balaban J connectivity index is 4.43. The first kappa shape index (κ1) is 13.6. The average molecular weight is 199 g/mol. The SMILES string of the molecule is CCN(CC(=O)C(C)(C)C)C(C)(C)C. The zero-order valence-corrected chi connectivity index (χ0v) is 10.8. The molecule has 0 amide bonds. The van der Waals surface area contributed by atoms with E-state index in [0.717, 1.165) is 6.54 Å². The van der Waals surface area contributed by atoms with Crippen molar-refractivity contribution in [2.75, 3.05) is 13.1 Å². The van der Waals surface area contributed by atoms with Crippen LogP contribution in [0.2, 0.25) is 0 Å². The molecule has 0 spiro atoms. The Morgan fingerprint density at radius 3 is 1.71 bits per heavy atom. The van der Waals surface area contributed by atoms with Crippen molar-refractivity contribution in [2.24, 2.45) is 5.41 Å². The summed E-state index contributed by atoms with van der Waals surface area (Å²) >= 11 is 0. The van der Waals surface area contributed by atoms with Crippen LogP contribution in [0.1, 0.15) is 48.5 Å². The van der Waals surface area contributed by atoms with Gasteiger partial charge in [0.05, 0.1) is 6.54 Å². The first-order valence-corrected chi connectivity index (χ1v) is 5.37. The molecule has 84 valence electrons. The van der Waals surface area contributed by atoms with E-state index >= 15 is 0 Å². The van der Waals surface area contributed by atoms with Crippen LogP contribution in [0.25, 0.3) is 0 Å². The van der Waals surface area contributed by atoms with Crippen molar-refractivity contribution in [1.82, 2.24) is 4.90 Å². The third kappa shape index (κ3) is 4.23. The summed E-state index contributed by atoms with van der Waals surface area (Å²) in [6, 6.07) is 0. The Morgan fingerprint density at radius 1 is 1.07 bits per heavy atom. The highest BCUT2D eigenvalue weighted by Crippen LogP contribution is 2.19. The molecule has 0 saturated heterocycles. The van der Waals surface area contributed by atoms with Gasteiger partial charge in [-0.3, -0.25) is 9.69 Å². The Kier molecular flexibility index (Phi) is 4.32. The van der Waals surface area contributed by atoms with E-state index in [4.69, 9.17) is 0 Å². The summed E-state index contributed by atoms with van der Waals surface area (Å²) in [6.45, 7) is 15.9. The van der Waals surface area contributed by atoms with Crippen LogP contribution in [-0.4, -0.2) is 29.3 Å². The number of rotatable bonds is 3. The minimum absolute atomic E-state index is 0.0790. The first-order chi connectivity index (χ1) is 6.09. The van der Waals surface area contributed by atoms with Gasteiger partial charge >= 0.3 is 0 Å². The lowest BCUT2D eigenvalue weighted by atomic mass is 9.89. The van der Waals surface area contributed by atoms with Gasteiger partial charge in [-0.1, -0.05) is 27.7 Å². The van der Waals surface area contributed by atoms with Gasteiger partial charge in [0.1, 0.15) is 0 Å². The van der Waals surface area contributed by atoms with Gasteiger partial charge in [-0.25, -0.2) is 0 Å². The molecule has 0 saturated carbocycles. The molecule has 2 heteroatoms. The number of carbonyl (C=O) groups is 1. The number of Topliss-reactive ketones (excluding diaryl/α,β-unsaturated/α-hetero) is 1. The highest BCUT2D eigenvalue weighted by Gasteiger charge is 2.27. The largest absolute Gasteiger partial charge is 0.298 e. The molecule has 0 N–H and O–H groups in total. The van der Waals surface area contributed by atoms with Crippen LogP contribution in [-0.2, 0) is 4.79 Å². The number of nitrogens with zero attached hydrogens (tertiary/aromatic N) is 1. The molecule has 0 bridgehead atoms. The fourth-order valence-electron chi connectivity index (χ4n) is 1.23. The Hall–Kier alpha value is -0.370. The molecule has 0 aromatic heterocycles. The maximum absolute atomic E-state index is 11.8. The van der Waals surface area contributed by atoms with E-state index in [1.807, 2.05) is 20.8 Å². The van der Waals surface area contributed by atoms with E-state index < -0.39 is 0 Å². The van der Waals surface area contributed by atoms with E-state index in [-0.39, 0.29) is 11.0 Å². The van der Waals surface area contributed by atoms with E-state index in [2.05, 4.69) is 32.6 Å². The molecule has 0 aliphatic carbocycles. The van der Waals surface area contributed by atoms with Crippen LogP contribution in [0.3, 0.4) is 0 Å². The lowest BCUT2D eigenvalue weighted by Crippen LogP contribution is -2.46. The summed E-state index contributed by atoms with van der Waals surface area (Å²) in [4.78, 5) is 14.0. The summed E-state index contributed by atoms with van der Waals surface area (Å²) in [5.74, 6) is 0.314. The second-order valence-corrected chi connectivity index (χ2v) is 5.86. The number of ketones is 1. The monoisotopic (exact) mass is 199 g/mol. The maximum Gasteiger partial charge on any atom is 0.152 e. The van der Waals surface area contributed by atoms with Crippen LogP contribution in [0.5, 0.6) is 0 Å². The third-order valence-electron chi connectivity index (χ3n) is 2.50. The molecular weight excluding hydrogens is 174 g/mol. The standard InChI is InChI=1S/C12H25NO/c1-8-13(12(5,6)7)9-10(14)11(2,3)4/h8-9H2,1-7H3. The fourth-order valence-corrected chi connectivity index (χ4v) is 1.23. The Morgan fingerprint density at radius 2 is 1.50 bits per heavy atom. The zero-order valence-electron chi connectivity index (χ0n) is 10.8. The number of hydrogen-bond donors (Lipinski definition) is 0. The second kappa shape index (κ2) is 4.43. The van der Waals surface area contributed by atoms with Crippen LogP contribution in [0.15, 0.2) is 0 Å². The quantitative estimate of drug-likeness (QED) is 0.696. The van der Waals surface area contributed by atoms with E-state index in [1.54, 1.807) is 0 Å². The summed E-state index contributed by atoms with van der Waals surface area (Å²) in [5.41, 5.74) is -0.145. The third-order valence-corrected chi connectivity index (χ3v) is 2.50. The van der Waals surface area contributed by atoms with Gasteiger partial charge in [-0.15, -0.1) is 0 Å². The fraction of sp³-hybridized carbons (Fsp3) is 0.917. The lowest BCUT2D eigenvalue weighted by Gasteiger charge is -2.35. The number of likely N-dealkylation sites (N-methyl/N-ethyl adjacent to an activating group) is 1. The van der Waals surface area contributed by atoms with Gasteiger partial charge < -0.3 is 0 Å². The Labute approximate surface area is 88.7 Å². The normalized spacial score (nSPS) is 13.4. The molecule has 0 rings (SSSR count). The van der Waals surface area contributed by atoms with Crippen LogP contribution >= 0.6 is 0 Å². The van der Waals surface area contributed by atoms with Gasteiger partial charge in [0, 0.05) is 11.0 Å². The molecular formula is C12H25NO. The second-order valence-electron chi connectivity index (χ2n) is 5.86. The van der Waals surface area contributed by atoms with Crippen molar-refractivity contribution in [3.8, 4) is 0 Å². The molecule has 0 unspecified atom stereocenters. The lowest BCUT2D eigenvalue weighted by molar-refractivity contribution is -0.128. The van der Waals surface area contributed by atoms with Crippen molar-refractivity contribution >= 4 is 5.78 Å². The van der Waals surface area contributed by atoms with Crippen molar-refractivity contribution in [3.05, 3.63) is 0 Å². The summed E-state index contributed by atoms with van der Waals surface area (Å²) in [7, 11) is 0. The first-order valence-electron chi connectivity index (χ1n) is 5.37. The molecule has 0 fully saturated rings. The van der Waals surface area contributed by atoms with Crippen molar-refractivity contribution in [3.63, 3.8) is 0 Å². The number of hydrogen-bond acceptors (Lipinski definition) is 2. The van der Waals surface area contributed by atoms with Gasteiger partial charge in [0.25, 0.3) is 0 Å². The molecule has 0 radical (unpaired) electrons. The molecule has 0 aromatic carbocycles. The summed E-state index contributed by atoms with van der Waals surface area (Å²) in [6.07, 6.45) is 0. The van der Waals surface area contributed by atoms with E-state index in [0.29, 0.717) is 12.3 Å². The predicted octanol–water partition coefficient (Wildman–Crippen LogP) is 2.72. The molecule has 0 aliphatic heterocycles. The van der Waals surface area contributed by atoms with E-state index in [9.17, 15) is 4.79 Å². The van der Waals surface area contributed by atoms with Crippen LogP contribution < -0.4 is 0 Å². The number of carbonyl (C=O) groups excluding carboxylic acids is 1. The molecule has 2 nitrogen and oxygen atoms in total. The van der Waals surface area contributed by atoms with Gasteiger partial charge in [-0.2, -0.15) is 0 Å². The molecule has 0 aromatic rings. The average Bonchev–Trinajstić information content (AvgIpc) is 1.95. The van der Waals surface area contributed by atoms with Crippen molar-refractivity contribution < 1.29 is 4.79 Å². The van der Waals surface area contributed by atoms with Gasteiger partial charge in [0.15, 0.2) is 5.78 Å². The zero-order chi connectivity index (χ0) is 11.6. The highest BCUT2D eigenvalue weighted by molar-refractivity contribution is 5.85. The van der Waals surface area contributed by atoms with Crippen LogP contribution in [0.4, 0.5) is 0 Å². The predicted molar refractivity (Wildman–Crippen MR) is 61.5 cm³/mol. The maximum atomic E-state index is 11.8. The molecule has 14 heavy (non-hydrogen) atoms. The highest BCUT2D eigenvalue weighted by atomic mass is 16.1. The van der Waals surface area contributed by atoms with E-state index in [1.165, 1.54) is 0 Å². The smallest absolute Gasteiger partial charge is 0.152 e. The van der Waals surface area contributed by atoms with Gasteiger partial charge in [0.2, 0.25) is 0 Å². The van der Waals surface area contributed by atoms with Gasteiger partial charge in [-0.05, 0) is 27.3 Å². The minimum Gasteiger partial charge on any atom is -0.298 e. The Bertz CT molecular complexity index is 195. The van der Waals surface area contributed by atoms with Crippen LogP contribution in [0, 0.1) is 5.41 Å².